The van der Waals surface area contributed by atoms with Crippen LogP contribution in [-0.4, -0.2) is 14.7 Å². The lowest BCUT2D eigenvalue weighted by Gasteiger charge is -2.06. The monoisotopic (exact) mass is 283 g/mol. The van der Waals surface area contributed by atoms with Crippen molar-refractivity contribution in [3.05, 3.63) is 32.9 Å². The molecular formula is C10H10BrN3O2. The van der Waals surface area contributed by atoms with E-state index in [0.29, 0.717) is 4.47 Å². The Morgan fingerprint density at radius 2 is 2.19 bits per heavy atom. The Morgan fingerprint density at radius 1 is 1.50 bits per heavy atom. The maximum absolute atomic E-state index is 10.8. The molecule has 1 heterocycles. The fraction of sp³-hybridized carbons (Fsp3) is 0.300. The van der Waals surface area contributed by atoms with Gasteiger partial charge in [0.05, 0.1) is 21.1 Å². The molecule has 0 aliphatic heterocycles. The first kappa shape index (κ1) is 11.1. The number of hydrogen-bond acceptors (Lipinski definition) is 3. The molecule has 16 heavy (non-hydrogen) atoms. The SMILES string of the molecule is CC(C)n1ncc2cc(Br)c([N+](=O)[O-])cc21. The topological polar surface area (TPSA) is 61.0 Å². The second-order valence-corrected chi connectivity index (χ2v) is 4.66. The zero-order chi connectivity index (χ0) is 11.9. The normalized spacial score (nSPS) is 11.2. The number of fused-ring (bicyclic) bond motifs is 1. The highest BCUT2D eigenvalue weighted by molar-refractivity contribution is 9.10. The van der Waals surface area contributed by atoms with Crippen molar-refractivity contribution in [1.29, 1.82) is 0 Å². The van der Waals surface area contributed by atoms with E-state index in [1.54, 1.807) is 23.0 Å². The summed E-state index contributed by atoms with van der Waals surface area (Å²) in [5.41, 5.74) is 0.847. The molecule has 0 spiro atoms. The summed E-state index contributed by atoms with van der Waals surface area (Å²) in [5, 5.41) is 15.9. The molecule has 1 aromatic carbocycles. The fourth-order valence-electron chi connectivity index (χ4n) is 1.61. The van der Waals surface area contributed by atoms with Gasteiger partial charge in [-0.05, 0) is 35.8 Å². The van der Waals surface area contributed by atoms with Crippen LogP contribution in [0, 0.1) is 10.1 Å². The molecule has 0 aliphatic rings. The van der Waals surface area contributed by atoms with Crippen molar-refractivity contribution in [2.45, 2.75) is 19.9 Å². The highest BCUT2D eigenvalue weighted by atomic mass is 79.9. The highest BCUT2D eigenvalue weighted by Gasteiger charge is 2.16. The Hall–Kier alpha value is -1.43. The van der Waals surface area contributed by atoms with Crippen molar-refractivity contribution in [1.82, 2.24) is 9.78 Å². The second-order valence-electron chi connectivity index (χ2n) is 3.80. The summed E-state index contributed by atoms with van der Waals surface area (Å²) in [6.45, 7) is 3.97. The number of nitrogens with zero attached hydrogens (tertiary/aromatic N) is 3. The van der Waals surface area contributed by atoms with Gasteiger partial charge in [0.15, 0.2) is 0 Å². The van der Waals surface area contributed by atoms with Gasteiger partial charge in [0, 0.05) is 17.5 Å². The smallest absolute Gasteiger partial charge is 0.262 e. The standard InChI is InChI=1S/C10H10BrN3O2/c1-6(2)13-9-4-10(14(15)16)8(11)3-7(9)5-12-13/h3-6H,1-2H3. The van der Waals surface area contributed by atoms with Crippen LogP contribution >= 0.6 is 15.9 Å². The minimum absolute atomic E-state index is 0.0647. The summed E-state index contributed by atoms with van der Waals surface area (Å²) >= 11 is 3.19. The molecule has 0 fully saturated rings. The summed E-state index contributed by atoms with van der Waals surface area (Å²) in [6, 6.07) is 3.45. The quantitative estimate of drug-likeness (QED) is 0.628. The zero-order valence-electron chi connectivity index (χ0n) is 8.85. The van der Waals surface area contributed by atoms with Gasteiger partial charge in [0.1, 0.15) is 0 Å². The summed E-state index contributed by atoms with van der Waals surface area (Å²) in [7, 11) is 0. The number of nitro benzene ring substituents is 1. The number of nitro groups is 1. The molecule has 0 saturated heterocycles. The van der Waals surface area contributed by atoms with Gasteiger partial charge in [0.2, 0.25) is 0 Å². The minimum atomic E-state index is -0.402. The van der Waals surface area contributed by atoms with E-state index in [-0.39, 0.29) is 11.7 Å². The van der Waals surface area contributed by atoms with E-state index in [1.165, 1.54) is 0 Å². The predicted octanol–water partition coefficient (Wildman–Crippen LogP) is 3.29. The van der Waals surface area contributed by atoms with Crippen molar-refractivity contribution < 1.29 is 4.92 Å². The third-order valence-electron chi connectivity index (χ3n) is 2.35. The second kappa shape index (κ2) is 3.86. The molecule has 2 aromatic rings. The minimum Gasteiger partial charge on any atom is -0.262 e. The van der Waals surface area contributed by atoms with Gasteiger partial charge >= 0.3 is 0 Å². The number of hydrogen-bond donors (Lipinski definition) is 0. The van der Waals surface area contributed by atoms with E-state index < -0.39 is 4.92 Å². The average Bonchev–Trinajstić information content (AvgIpc) is 2.58. The first-order valence-corrected chi connectivity index (χ1v) is 5.61. The van der Waals surface area contributed by atoms with E-state index >= 15 is 0 Å². The summed E-state index contributed by atoms with van der Waals surface area (Å²) in [6.07, 6.45) is 1.71. The van der Waals surface area contributed by atoms with Gasteiger partial charge in [-0.2, -0.15) is 5.10 Å². The lowest BCUT2D eigenvalue weighted by atomic mass is 10.2. The molecule has 6 heteroatoms. The van der Waals surface area contributed by atoms with Crippen LogP contribution in [0.3, 0.4) is 0 Å². The van der Waals surface area contributed by atoms with E-state index in [9.17, 15) is 10.1 Å². The summed E-state index contributed by atoms with van der Waals surface area (Å²) < 4.78 is 2.25. The number of benzene rings is 1. The van der Waals surface area contributed by atoms with E-state index in [4.69, 9.17) is 0 Å². The molecule has 0 amide bonds. The van der Waals surface area contributed by atoms with Gasteiger partial charge in [0.25, 0.3) is 5.69 Å². The molecule has 0 N–H and O–H groups in total. The van der Waals surface area contributed by atoms with Crippen LogP contribution in [0.2, 0.25) is 0 Å². The van der Waals surface area contributed by atoms with Crippen LogP contribution in [-0.2, 0) is 0 Å². The van der Waals surface area contributed by atoms with E-state index in [2.05, 4.69) is 21.0 Å². The molecular weight excluding hydrogens is 274 g/mol. The molecule has 1 aromatic heterocycles. The lowest BCUT2D eigenvalue weighted by molar-refractivity contribution is -0.385. The van der Waals surface area contributed by atoms with Gasteiger partial charge in [-0.15, -0.1) is 0 Å². The molecule has 0 unspecified atom stereocenters. The van der Waals surface area contributed by atoms with Crippen LogP contribution < -0.4 is 0 Å². The first-order chi connectivity index (χ1) is 7.50. The number of rotatable bonds is 2. The molecule has 0 aliphatic carbocycles. The molecule has 0 bridgehead atoms. The maximum Gasteiger partial charge on any atom is 0.285 e. The van der Waals surface area contributed by atoms with Crippen molar-refractivity contribution in [2.75, 3.05) is 0 Å². The maximum atomic E-state index is 10.8. The third-order valence-corrected chi connectivity index (χ3v) is 2.99. The lowest BCUT2D eigenvalue weighted by Crippen LogP contribution is -2.02. The van der Waals surface area contributed by atoms with Crippen LogP contribution in [0.25, 0.3) is 10.9 Å². The molecule has 0 saturated carbocycles. The molecule has 0 radical (unpaired) electrons. The molecule has 5 nitrogen and oxygen atoms in total. The summed E-state index contributed by atoms with van der Waals surface area (Å²) in [5.74, 6) is 0. The highest BCUT2D eigenvalue weighted by Crippen LogP contribution is 2.30. The van der Waals surface area contributed by atoms with Crippen molar-refractivity contribution in [2.24, 2.45) is 0 Å². The van der Waals surface area contributed by atoms with Crippen molar-refractivity contribution in [3.63, 3.8) is 0 Å². The predicted molar refractivity (Wildman–Crippen MR) is 64.5 cm³/mol. The van der Waals surface area contributed by atoms with Crippen LogP contribution in [0.1, 0.15) is 19.9 Å². The average molecular weight is 284 g/mol. The van der Waals surface area contributed by atoms with Gasteiger partial charge in [-0.25, -0.2) is 0 Å². The summed E-state index contributed by atoms with van der Waals surface area (Å²) in [4.78, 5) is 10.4. The number of halogens is 1. The molecule has 84 valence electrons. The Bertz CT molecular complexity index is 562. The van der Waals surface area contributed by atoms with Crippen molar-refractivity contribution >= 4 is 32.5 Å². The Kier molecular flexibility index (Phi) is 2.67. The zero-order valence-corrected chi connectivity index (χ0v) is 10.4. The van der Waals surface area contributed by atoms with Gasteiger partial charge < -0.3 is 0 Å². The molecule has 0 atom stereocenters. The van der Waals surface area contributed by atoms with E-state index in [0.717, 1.165) is 10.9 Å². The van der Waals surface area contributed by atoms with Gasteiger partial charge in [-0.3, -0.25) is 14.8 Å². The van der Waals surface area contributed by atoms with Crippen molar-refractivity contribution in [3.8, 4) is 0 Å². The third kappa shape index (κ3) is 1.69. The van der Waals surface area contributed by atoms with E-state index in [1.807, 2.05) is 13.8 Å². The Balaban J connectivity index is 2.74. The van der Waals surface area contributed by atoms with Gasteiger partial charge in [-0.1, -0.05) is 0 Å². The van der Waals surface area contributed by atoms with Crippen LogP contribution in [0.4, 0.5) is 5.69 Å². The fourth-order valence-corrected chi connectivity index (χ4v) is 2.11. The van der Waals surface area contributed by atoms with Crippen LogP contribution in [0.5, 0.6) is 0 Å². The first-order valence-electron chi connectivity index (χ1n) is 4.82. The number of aromatic nitrogens is 2. The largest absolute Gasteiger partial charge is 0.285 e. The Labute approximate surface area is 100 Å². The Morgan fingerprint density at radius 3 is 2.75 bits per heavy atom. The van der Waals surface area contributed by atoms with Crippen LogP contribution in [0.15, 0.2) is 22.8 Å². The molecule has 2 rings (SSSR count).